The Morgan fingerprint density at radius 1 is 1.64 bits per heavy atom. The summed E-state index contributed by atoms with van der Waals surface area (Å²) in [4.78, 5) is 18.3. The first kappa shape index (κ1) is 10.4. The molecule has 1 aromatic rings. The zero-order valence-electron chi connectivity index (χ0n) is 8.10. The second-order valence-corrected chi connectivity index (χ2v) is 2.80. The van der Waals surface area contributed by atoms with E-state index in [1.54, 1.807) is 6.07 Å². The third-order valence-corrected chi connectivity index (χ3v) is 1.71. The van der Waals surface area contributed by atoms with Crippen LogP contribution in [0.25, 0.3) is 0 Å². The number of aryl methyl sites for hydroxylation is 1. The number of rotatable bonds is 4. The topological polar surface area (TPSA) is 72.3 Å². The van der Waals surface area contributed by atoms with Crippen molar-refractivity contribution in [2.75, 3.05) is 0 Å². The summed E-state index contributed by atoms with van der Waals surface area (Å²) in [7, 11) is 0. The predicted molar refractivity (Wildman–Crippen MR) is 49.1 cm³/mol. The van der Waals surface area contributed by atoms with E-state index in [2.05, 4.69) is 9.97 Å². The average molecular weight is 196 g/mol. The molecule has 0 saturated heterocycles. The van der Waals surface area contributed by atoms with Gasteiger partial charge in [-0.3, -0.25) is 0 Å². The Hall–Kier alpha value is -1.65. The molecular formula is C9H12N2O3. The molecule has 5 nitrogen and oxygen atoms in total. The Morgan fingerprint density at radius 2 is 2.36 bits per heavy atom. The molecule has 1 unspecified atom stereocenters. The van der Waals surface area contributed by atoms with Crippen LogP contribution in [0.2, 0.25) is 0 Å². The molecule has 0 bridgehead atoms. The van der Waals surface area contributed by atoms with Crippen molar-refractivity contribution in [3.05, 3.63) is 18.1 Å². The van der Waals surface area contributed by atoms with Crippen LogP contribution in [0.15, 0.2) is 12.4 Å². The molecule has 0 aliphatic carbocycles. The fraction of sp³-hybridized carbons (Fsp3) is 0.444. The number of hydrogen-bond donors (Lipinski definition) is 1. The van der Waals surface area contributed by atoms with Crippen LogP contribution in [0.3, 0.4) is 0 Å². The monoisotopic (exact) mass is 196 g/mol. The summed E-state index contributed by atoms with van der Waals surface area (Å²) < 4.78 is 5.07. The van der Waals surface area contributed by atoms with Gasteiger partial charge in [0.25, 0.3) is 0 Å². The minimum absolute atomic E-state index is 0.298. The molecule has 1 rings (SSSR count). The highest BCUT2D eigenvalue weighted by atomic mass is 16.5. The second kappa shape index (κ2) is 4.55. The second-order valence-electron chi connectivity index (χ2n) is 2.80. The fourth-order valence-electron chi connectivity index (χ4n) is 0.866. The van der Waals surface area contributed by atoms with Crippen molar-refractivity contribution >= 4 is 5.97 Å². The smallest absolute Gasteiger partial charge is 0.344 e. The van der Waals surface area contributed by atoms with Crippen LogP contribution in [0.5, 0.6) is 5.88 Å². The van der Waals surface area contributed by atoms with Crippen LogP contribution in [-0.4, -0.2) is 27.1 Å². The molecule has 0 aliphatic heterocycles. The Bertz CT molecular complexity index is 328. The van der Waals surface area contributed by atoms with Gasteiger partial charge in [0.05, 0.1) is 0 Å². The molecule has 1 heterocycles. The van der Waals surface area contributed by atoms with Crippen LogP contribution in [0.4, 0.5) is 0 Å². The van der Waals surface area contributed by atoms with Crippen molar-refractivity contribution in [2.24, 2.45) is 0 Å². The van der Waals surface area contributed by atoms with Gasteiger partial charge in [-0.1, -0.05) is 6.92 Å². The molecule has 1 N–H and O–H groups in total. The molecule has 0 saturated carbocycles. The van der Waals surface area contributed by atoms with E-state index in [1.807, 2.05) is 6.92 Å². The van der Waals surface area contributed by atoms with Crippen molar-refractivity contribution in [2.45, 2.75) is 26.4 Å². The Labute approximate surface area is 81.8 Å². The Kier molecular flexibility index (Phi) is 3.39. The Morgan fingerprint density at radius 3 is 2.93 bits per heavy atom. The number of carbonyl (C=O) groups is 1. The summed E-state index contributed by atoms with van der Waals surface area (Å²) in [6.45, 7) is 3.41. The van der Waals surface area contributed by atoms with Crippen LogP contribution in [-0.2, 0) is 11.2 Å². The van der Waals surface area contributed by atoms with Crippen LogP contribution < -0.4 is 4.74 Å². The number of nitrogens with zero attached hydrogens (tertiary/aromatic N) is 2. The van der Waals surface area contributed by atoms with Crippen molar-refractivity contribution in [1.82, 2.24) is 9.97 Å². The number of hydrogen-bond acceptors (Lipinski definition) is 4. The molecule has 0 amide bonds. The SMILES string of the molecule is CCc1cc(OC(C)C(=O)O)ncn1. The largest absolute Gasteiger partial charge is 0.479 e. The lowest BCUT2D eigenvalue weighted by atomic mass is 10.3. The predicted octanol–water partition coefficient (Wildman–Crippen LogP) is 0.891. The molecule has 0 radical (unpaired) electrons. The van der Waals surface area contributed by atoms with Crippen molar-refractivity contribution in [3.8, 4) is 5.88 Å². The van der Waals surface area contributed by atoms with Gasteiger partial charge < -0.3 is 9.84 Å². The maximum atomic E-state index is 10.5. The van der Waals surface area contributed by atoms with Gasteiger partial charge >= 0.3 is 5.97 Å². The fourth-order valence-corrected chi connectivity index (χ4v) is 0.866. The van der Waals surface area contributed by atoms with E-state index in [-0.39, 0.29) is 0 Å². The van der Waals surface area contributed by atoms with Gasteiger partial charge in [-0.05, 0) is 13.3 Å². The number of ether oxygens (including phenoxy) is 1. The number of aliphatic carboxylic acids is 1. The maximum absolute atomic E-state index is 10.5. The summed E-state index contributed by atoms with van der Waals surface area (Å²) in [6, 6.07) is 1.64. The first-order chi connectivity index (χ1) is 6.63. The summed E-state index contributed by atoms with van der Waals surface area (Å²) in [5.74, 6) is -0.714. The summed E-state index contributed by atoms with van der Waals surface area (Å²) in [6.07, 6.45) is 1.23. The molecule has 14 heavy (non-hydrogen) atoms. The molecule has 1 aromatic heterocycles. The first-order valence-corrected chi connectivity index (χ1v) is 4.34. The van der Waals surface area contributed by atoms with Gasteiger partial charge in [0.1, 0.15) is 6.33 Å². The van der Waals surface area contributed by atoms with Gasteiger partial charge in [-0.15, -0.1) is 0 Å². The van der Waals surface area contributed by atoms with Crippen molar-refractivity contribution < 1.29 is 14.6 Å². The zero-order chi connectivity index (χ0) is 10.6. The third-order valence-electron chi connectivity index (χ3n) is 1.71. The molecule has 0 aliphatic rings. The summed E-state index contributed by atoms with van der Waals surface area (Å²) >= 11 is 0. The highest BCUT2D eigenvalue weighted by molar-refractivity contribution is 5.72. The van der Waals surface area contributed by atoms with Gasteiger partial charge in [-0.2, -0.15) is 0 Å². The number of carboxylic acids is 1. The zero-order valence-corrected chi connectivity index (χ0v) is 8.10. The lowest BCUT2D eigenvalue weighted by Crippen LogP contribution is -2.23. The molecule has 0 fully saturated rings. The quantitative estimate of drug-likeness (QED) is 0.774. The molecule has 1 atom stereocenters. The highest BCUT2D eigenvalue weighted by Crippen LogP contribution is 2.09. The van der Waals surface area contributed by atoms with Gasteiger partial charge in [0.2, 0.25) is 5.88 Å². The van der Waals surface area contributed by atoms with Gasteiger partial charge in [0.15, 0.2) is 6.10 Å². The van der Waals surface area contributed by atoms with E-state index in [0.29, 0.717) is 5.88 Å². The Balaban J connectivity index is 2.71. The lowest BCUT2D eigenvalue weighted by Gasteiger charge is -2.09. The highest BCUT2D eigenvalue weighted by Gasteiger charge is 2.13. The van der Waals surface area contributed by atoms with E-state index in [0.717, 1.165) is 12.1 Å². The van der Waals surface area contributed by atoms with Crippen molar-refractivity contribution in [3.63, 3.8) is 0 Å². The van der Waals surface area contributed by atoms with E-state index in [9.17, 15) is 4.79 Å². The molecular weight excluding hydrogens is 184 g/mol. The number of aromatic nitrogens is 2. The first-order valence-electron chi connectivity index (χ1n) is 4.34. The minimum Gasteiger partial charge on any atom is -0.479 e. The normalized spacial score (nSPS) is 12.1. The molecule has 0 aromatic carbocycles. The van der Waals surface area contributed by atoms with Gasteiger partial charge in [0, 0.05) is 11.8 Å². The van der Waals surface area contributed by atoms with Crippen LogP contribution >= 0.6 is 0 Å². The third kappa shape index (κ3) is 2.69. The lowest BCUT2D eigenvalue weighted by molar-refractivity contribution is -0.144. The van der Waals surface area contributed by atoms with E-state index >= 15 is 0 Å². The summed E-state index contributed by atoms with van der Waals surface area (Å²) in [5, 5.41) is 8.60. The number of carboxylic acid groups (broad SMARTS) is 1. The van der Waals surface area contributed by atoms with Crippen molar-refractivity contribution in [1.29, 1.82) is 0 Å². The van der Waals surface area contributed by atoms with E-state index < -0.39 is 12.1 Å². The minimum atomic E-state index is -1.01. The van der Waals surface area contributed by atoms with E-state index in [1.165, 1.54) is 13.3 Å². The molecule has 5 heteroatoms. The van der Waals surface area contributed by atoms with Crippen LogP contribution in [0, 0.1) is 0 Å². The van der Waals surface area contributed by atoms with Crippen LogP contribution in [0.1, 0.15) is 19.5 Å². The average Bonchev–Trinajstić information content (AvgIpc) is 2.18. The van der Waals surface area contributed by atoms with E-state index in [4.69, 9.17) is 9.84 Å². The molecule has 0 spiro atoms. The standard InChI is InChI=1S/C9H12N2O3/c1-3-7-4-8(11-5-10-7)14-6(2)9(12)13/h4-6H,3H2,1-2H3,(H,12,13). The summed E-state index contributed by atoms with van der Waals surface area (Å²) in [5.41, 5.74) is 0.826. The molecule has 76 valence electrons. The maximum Gasteiger partial charge on any atom is 0.344 e. The van der Waals surface area contributed by atoms with Gasteiger partial charge in [-0.25, -0.2) is 14.8 Å².